The van der Waals surface area contributed by atoms with E-state index in [1.165, 1.54) is 0 Å². The zero-order valence-corrected chi connectivity index (χ0v) is 15.4. The number of benzene rings is 1. The van der Waals surface area contributed by atoms with E-state index in [-0.39, 0.29) is 23.6 Å². The van der Waals surface area contributed by atoms with Gasteiger partial charge in [-0.05, 0) is 25.0 Å². The van der Waals surface area contributed by atoms with Gasteiger partial charge in [-0.3, -0.25) is 14.9 Å². The summed E-state index contributed by atoms with van der Waals surface area (Å²) >= 11 is 2.03. The number of hydrogen-bond acceptors (Lipinski definition) is 6. The number of nitro benzene ring substituents is 1. The molecule has 1 N–H and O–H groups in total. The van der Waals surface area contributed by atoms with Gasteiger partial charge in [0.1, 0.15) is 6.04 Å². The van der Waals surface area contributed by atoms with Crippen LogP contribution >= 0.6 is 22.6 Å². The fourth-order valence-electron chi connectivity index (χ4n) is 1.64. The van der Waals surface area contributed by atoms with Crippen LogP contribution in [0.1, 0.15) is 19.8 Å². The number of rotatable bonds is 9. The van der Waals surface area contributed by atoms with Gasteiger partial charge in [0.15, 0.2) is 0 Å². The Bertz CT molecular complexity index is 647. The Balaban J connectivity index is 2.92. The molecule has 0 aromatic heterocycles. The lowest BCUT2D eigenvalue weighted by molar-refractivity contribution is -0.384. The average molecular weight is 456 g/mol. The van der Waals surface area contributed by atoms with Crippen molar-refractivity contribution in [2.75, 3.05) is 11.0 Å². The molecular weight excluding hydrogens is 439 g/mol. The summed E-state index contributed by atoms with van der Waals surface area (Å²) in [4.78, 5) is 21.7. The van der Waals surface area contributed by atoms with Gasteiger partial charge >= 0.3 is 5.97 Å². The molecule has 0 saturated carbocycles. The fraction of sp³-hybridized carbons (Fsp3) is 0.462. The molecule has 0 fully saturated rings. The van der Waals surface area contributed by atoms with Gasteiger partial charge in [0.05, 0.1) is 16.4 Å². The lowest BCUT2D eigenvalue weighted by Gasteiger charge is -2.16. The number of carbonyl (C=O) groups is 1. The van der Waals surface area contributed by atoms with Gasteiger partial charge in [0.2, 0.25) is 10.0 Å². The highest BCUT2D eigenvalue weighted by atomic mass is 127. The number of nitrogens with one attached hydrogen (secondary N) is 1. The summed E-state index contributed by atoms with van der Waals surface area (Å²) in [7, 11) is -3.97. The molecule has 1 aromatic rings. The number of alkyl halides is 1. The first-order valence-electron chi connectivity index (χ1n) is 6.81. The van der Waals surface area contributed by atoms with Crippen molar-refractivity contribution in [3.8, 4) is 0 Å². The Kier molecular flexibility index (Phi) is 7.85. The van der Waals surface area contributed by atoms with E-state index in [2.05, 4.69) is 4.72 Å². The van der Waals surface area contributed by atoms with E-state index in [0.29, 0.717) is 10.8 Å². The molecule has 1 rings (SSSR count). The van der Waals surface area contributed by atoms with E-state index in [1.54, 1.807) is 0 Å². The molecule has 1 aromatic carbocycles. The lowest BCUT2D eigenvalue weighted by atomic mass is 10.2. The highest BCUT2D eigenvalue weighted by Crippen LogP contribution is 2.16. The maximum atomic E-state index is 12.3. The average Bonchev–Trinajstić information content (AvgIpc) is 2.52. The number of esters is 1. The maximum absolute atomic E-state index is 12.3. The van der Waals surface area contributed by atoms with E-state index < -0.39 is 27.0 Å². The molecular formula is C13H17IN2O6S. The van der Waals surface area contributed by atoms with Crippen LogP contribution in [0.15, 0.2) is 29.2 Å². The lowest BCUT2D eigenvalue weighted by Crippen LogP contribution is -2.42. The molecule has 1 atom stereocenters. The van der Waals surface area contributed by atoms with Crippen LogP contribution < -0.4 is 4.72 Å². The minimum absolute atomic E-state index is 0.148. The summed E-state index contributed by atoms with van der Waals surface area (Å²) < 4.78 is 32.4. The minimum Gasteiger partial charge on any atom is -0.465 e. The van der Waals surface area contributed by atoms with Crippen molar-refractivity contribution in [1.82, 2.24) is 4.72 Å². The van der Waals surface area contributed by atoms with Crippen molar-refractivity contribution in [1.29, 1.82) is 0 Å². The van der Waals surface area contributed by atoms with Gasteiger partial charge in [-0.2, -0.15) is 4.72 Å². The molecule has 0 spiro atoms. The number of hydrogen-bond donors (Lipinski definition) is 1. The van der Waals surface area contributed by atoms with Crippen molar-refractivity contribution in [2.45, 2.75) is 30.7 Å². The molecule has 0 unspecified atom stereocenters. The van der Waals surface area contributed by atoms with Crippen molar-refractivity contribution in [2.24, 2.45) is 0 Å². The molecule has 23 heavy (non-hydrogen) atoms. The largest absolute Gasteiger partial charge is 0.465 e. The number of nitrogens with zero attached hydrogens (tertiary/aromatic N) is 1. The predicted octanol–water partition coefficient (Wildman–Crippen LogP) is 2.02. The molecule has 0 heterocycles. The maximum Gasteiger partial charge on any atom is 0.324 e. The van der Waals surface area contributed by atoms with Gasteiger partial charge in [-0.25, -0.2) is 8.42 Å². The zero-order valence-electron chi connectivity index (χ0n) is 12.4. The van der Waals surface area contributed by atoms with Crippen LogP contribution in [0.25, 0.3) is 0 Å². The normalized spacial score (nSPS) is 12.6. The predicted molar refractivity (Wildman–Crippen MR) is 92.0 cm³/mol. The van der Waals surface area contributed by atoms with Gasteiger partial charge in [-0.1, -0.05) is 29.5 Å². The first-order chi connectivity index (χ1) is 10.8. The van der Waals surface area contributed by atoms with E-state index >= 15 is 0 Å². The van der Waals surface area contributed by atoms with Crippen LogP contribution in [-0.2, 0) is 19.6 Å². The first-order valence-corrected chi connectivity index (χ1v) is 9.82. The topological polar surface area (TPSA) is 116 Å². The number of sulfonamides is 1. The van der Waals surface area contributed by atoms with Crippen LogP contribution in [0.5, 0.6) is 0 Å². The van der Waals surface area contributed by atoms with E-state index in [4.69, 9.17) is 4.74 Å². The molecule has 0 aliphatic carbocycles. The Morgan fingerprint density at radius 2 is 2.00 bits per heavy atom. The number of ether oxygens (including phenoxy) is 1. The van der Waals surface area contributed by atoms with Gasteiger partial charge < -0.3 is 4.74 Å². The second kappa shape index (κ2) is 9.13. The van der Waals surface area contributed by atoms with Crippen molar-refractivity contribution < 1.29 is 22.9 Å². The number of non-ortho nitro benzene ring substituents is 1. The number of nitro groups is 1. The van der Waals surface area contributed by atoms with E-state index in [1.807, 2.05) is 29.5 Å². The molecule has 0 amide bonds. The van der Waals surface area contributed by atoms with Gasteiger partial charge in [0.25, 0.3) is 5.69 Å². The van der Waals surface area contributed by atoms with Crippen molar-refractivity contribution in [3.63, 3.8) is 0 Å². The molecule has 10 heteroatoms. The van der Waals surface area contributed by atoms with E-state index in [9.17, 15) is 23.3 Å². The summed E-state index contributed by atoms with van der Waals surface area (Å²) in [5.41, 5.74) is -0.213. The molecule has 0 aliphatic rings. The number of carbonyl (C=O) groups excluding carboxylic acids is 1. The van der Waals surface area contributed by atoms with Crippen molar-refractivity contribution >= 4 is 44.3 Å². The quantitative estimate of drug-likeness (QED) is 0.200. The zero-order chi connectivity index (χ0) is 17.5. The Morgan fingerprint density at radius 3 is 2.48 bits per heavy atom. The van der Waals surface area contributed by atoms with Crippen LogP contribution in [0.2, 0.25) is 0 Å². The molecule has 0 radical (unpaired) electrons. The third kappa shape index (κ3) is 6.03. The summed E-state index contributed by atoms with van der Waals surface area (Å²) in [6, 6.07) is 3.45. The summed E-state index contributed by atoms with van der Waals surface area (Å²) in [6.07, 6.45) is 0.924. The Morgan fingerprint density at radius 1 is 1.39 bits per heavy atom. The second-order valence-electron chi connectivity index (χ2n) is 4.57. The second-order valence-corrected chi connectivity index (χ2v) is 7.36. The summed E-state index contributed by atoms with van der Waals surface area (Å²) in [5, 5.41) is 10.6. The van der Waals surface area contributed by atoms with Crippen LogP contribution in [0.4, 0.5) is 5.69 Å². The van der Waals surface area contributed by atoms with Crippen LogP contribution in [0.3, 0.4) is 0 Å². The molecule has 8 nitrogen and oxygen atoms in total. The molecule has 128 valence electrons. The molecule has 0 saturated heterocycles. The summed E-state index contributed by atoms with van der Waals surface area (Å²) in [6.45, 7) is 2.05. The van der Waals surface area contributed by atoms with Crippen molar-refractivity contribution in [3.05, 3.63) is 34.4 Å². The SMILES string of the molecule is CCCOC(=O)[C@H](CCI)NS(=O)(=O)c1ccc([N+](=O)[O-])cc1. The first kappa shape index (κ1) is 19.8. The van der Waals surface area contributed by atoms with Crippen LogP contribution in [0, 0.1) is 10.1 Å². The number of halogens is 1. The third-order valence-electron chi connectivity index (χ3n) is 2.79. The highest BCUT2D eigenvalue weighted by molar-refractivity contribution is 14.1. The smallest absolute Gasteiger partial charge is 0.324 e. The monoisotopic (exact) mass is 456 g/mol. The summed E-state index contributed by atoms with van der Waals surface area (Å²) in [5.74, 6) is -0.631. The molecule has 0 aliphatic heterocycles. The molecule has 0 bridgehead atoms. The Hall–Kier alpha value is -1.27. The third-order valence-corrected chi connectivity index (χ3v) is 4.90. The van der Waals surface area contributed by atoms with E-state index in [0.717, 1.165) is 24.3 Å². The highest BCUT2D eigenvalue weighted by Gasteiger charge is 2.26. The van der Waals surface area contributed by atoms with Gasteiger partial charge in [-0.15, -0.1) is 0 Å². The Labute approximate surface area is 147 Å². The van der Waals surface area contributed by atoms with Crippen LogP contribution in [-0.4, -0.2) is 36.4 Å². The minimum atomic E-state index is -3.97. The fourth-order valence-corrected chi connectivity index (χ4v) is 3.48. The standard InChI is InChI=1S/C13H17IN2O6S/c1-2-9-22-13(17)12(7-8-14)15-23(20,21)11-5-3-10(4-6-11)16(18)19/h3-6,12,15H,2,7-9H2,1H3/t12-/m0/s1. The van der Waals surface area contributed by atoms with Gasteiger partial charge in [0, 0.05) is 16.6 Å².